The minimum atomic E-state index is -5.05. The molecule has 2 amide bonds. The highest BCUT2D eigenvalue weighted by Crippen LogP contribution is 2.45. The fourth-order valence-electron chi connectivity index (χ4n) is 5.33. The summed E-state index contributed by atoms with van der Waals surface area (Å²) < 4.78 is 51.0. The van der Waals surface area contributed by atoms with Gasteiger partial charge in [0.1, 0.15) is 5.75 Å². The number of rotatable bonds is 4. The summed E-state index contributed by atoms with van der Waals surface area (Å²) in [6, 6.07) is 13.1. The van der Waals surface area contributed by atoms with Gasteiger partial charge in [-0.1, -0.05) is 22.5 Å². The molecule has 15 nitrogen and oxygen atoms in total. The summed E-state index contributed by atoms with van der Waals surface area (Å²) in [4.78, 5) is 49.7. The van der Waals surface area contributed by atoms with E-state index in [1.165, 1.54) is 18.2 Å². The van der Waals surface area contributed by atoms with Crippen molar-refractivity contribution in [2.24, 2.45) is 10.4 Å². The van der Waals surface area contributed by atoms with Gasteiger partial charge in [-0.25, -0.2) is 0 Å². The van der Waals surface area contributed by atoms with Gasteiger partial charge >= 0.3 is 10.4 Å². The molecule has 54 heavy (non-hydrogen) atoms. The van der Waals surface area contributed by atoms with Crippen molar-refractivity contribution < 1.29 is 41.3 Å². The Bertz CT molecular complexity index is 2200. The molecule has 0 fully saturated rings. The molecule has 284 valence electrons. The topological polar surface area (TPSA) is 219 Å². The zero-order valence-corrected chi connectivity index (χ0v) is 34.7. The van der Waals surface area contributed by atoms with Crippen LogP contribution in [-0.2, 0) is 45.7 Å². The standard InChI is InChI=1S/C34H28Br4N4O11S/c35-21-9-17-2-4-28(21)51-29-15-18(1-3-27(29)43)6-8-40-34(45)26(42-47)14-20-12-24(38)32(53-54(48,49)50)30(16-20)52-31-22(36)10-19(11-23(31)37)13-25(41-46)33(44)39-7-5-17/h1-4,9-12,15-16,25-26,43H,5-8,13-14H2,(H,39,44)(H,40,45)(H,48,49,50). The molecule has 7 rings (SSSR count). The zero-order chi connectivity index (χ0) is 39.2. The Morgan fingerprint density at radius 2 is 1.17 bits per heavy atom. The summed E-state index contributed by atoms with van der Waals surface area (Å²) in [7, 11) is -5.05. The van der Waals surface area contributed by atoms with Gasteiger partial charge in [0, 0.05) is 25.9 Å². The lowest BCUT2D eigenvalue weighted by Crippen LogP contribution is -2.35. The number of amides is 2. The Kier molecular flexibility index (Phi) is 13.8. The van der Waals surface area contributed by atoms with E-state index in [1.807, 2.05) is 0 Å². The van der Waals surface area contributed by atoms with Crippen LogP contribution >= 0.6 is 63.7 Å². The van der Waals surface area contributed by atoms with Crippen molar-refractivity contribution >= 4 is 85.9 Å². The lowest BCUT2D eigenvalue weighted by molar-refractivity contribution is -0.123. The van der Waals surface area contributed by atoms with Crippen LogP contribution in [0.1, 0.15) is 22.3 Å². The molecule has 20 heteroatoms. The van der Waals surface area contributed by atoms with E-state index in [2.05, 4.69) is 84.7 Å². The molecular weight excluding hydrogens is 992 g/mol. The minimum absolute atomic E-state index is 0.0136. The summed E-state index contributed by atoms with van der Waals surface area (Å²) in [5.74, 6) is -1.44. The minimum Gasteiger partial charge on any atom is -0.504 e. The van der Waals surface area contributed by atoms with Crippen LogP contribution in [0.25, 0.3) is 0 Å². The van der Waals surface area contributed by atoms with Gasteiger partial charge in [-0.15, -0.1) is 9.81 Å². The molecule has 2 atom stereocenters. The lowest BCUT2D eigenvalue weighted by Gasteiger charge is -2.18. The molecule has 0 saturated heterocycles. The van der Waals surface area contributed by atoms with Gasteiger partial charge in [0.05, 0.1) is 17.9 Å². The first kappa shape index (κ1) is 41.2. The van der Waals surface area contributed by atoms with Crippen LogP contribution in [0.4, 0.5) is 0 Å². The fraction of sp³-hybridized carbons (Fsp3) is 0.235. The van der Waals surface area contributed by atoms with E-state index < -0.39 is 40.0 Å². The monoisotopic (exact) mass is 1020 g/mol. The first-order chi connectivity index (χ1) is 25.6. The number of carbonyl (C=O) groups excluding carboxylic acids is 2. The van der Waals surface area contributed by atoms with E-state index in [0.717, 1.165) is 5.56 Å². The maximum Gasteiger partial charge on any atom is 0.446 e. The first-order valence-corrected chi connectivity index (χ1v) is 20.3. The Balaban J connectivity index is 1.50. The SMILES string of the molecule is O=NC1Cc2cc(Br)c(c(Br)c2)Oc2cc(cc(Br)c2OS(=O)(=O)O)CC(N=O)C(=O)NCCc2ccc(O)c(c2)Oc2ccc(cc2Br)CCNC1=O. The van der Waals surface area contributed by atoms with E-state index in [4.69, 9.17) is 13.7 Å². The highest BCUT2D eigenvalue weighted by Gasteiger charge is 2.26. The number of phenolic OH excluding ortho intramolecular Hbond substituents is 1. The lowest BCUT2D eigenvalue weighted by atomic mass is 10.0. The predicted molar refractivity (Wildman–Crippen MR) is 211 cm³/mol. The molecule has 0 spiro atoms. The molecule has 4 aromatic rings. The zero-order valence-electron chi connectivity index (χ0n) is 27.6. The van der Waals surface area contributed by atoms with E-state index >= 15 is 0 Å². The van der Waals surface area contributed by atoms with Crippen LogP contribution in [0.3, 0.4) is 0 Å². The number of hydrogen-bond acceptors (Lipinski definition) is 12. The molecule has 0 saturated carbocycles. The number of fused-ring (bicyclic) bond motifs is 2. The third-order valence-electron chi connectivity index (χ3n) is 7.91. The summed E-state index contributed by atoms with van der Waals surface area (Å²) in [5.41, 5.74) is 2.33. The van der Waals surface area contributed by atoms with Gasteiger partial charge < -0.3 is 29.4 Å². The number of halogens is 4. The Hall–Kier alpha value is -3.95. The number of carbonyl (C=O) groups is 2. The summed E-state index contributed by atoms with van der Waals surface area (Å²) in [5, 5.41) is 21.9. The molecular formula is C34H28Br4N4O11S. The third-order valence-corrected chi connectivity index (χ3v) is 10.7. The maximum absolute atomic E-state index is 13.1. The highest BCUT2D eigenvalue weighted by molar-refractivity contribution is 9.11. The second kappa shape index (κ2) is 18.1. The number of nitroso groups, excluding NO2 is 2. The highest BCUT2D eigenvalue weighted by atomic mass is 79.9. The van der Waals surface area contributed by atoms with E-state index in [1.54, 1.807) is 42.5 Å². The summed E-state index contributed by atoms with van der Waals surface area (Å²) in [6.07, 6.45) is 0.379. The third kappa shape index (κ3) is 10.8. The van der Waals surface area contributed by atoms with Gasteiger partial charge in [-0.05, 0) is 147 Å². The molecule has 3 aliphatic rings. The van der Waals surface area contributed by atoms with Crippen LogP contribution in [0.5, 0.6) is 34.5 Å². The van der Waals surface area contributed by atoms with Crippen LogP contribution in [0, 0.1) is 9.81 Å². The summed E-state index contributed by atoms with van der Waals surface area (Å²) >= 11 is 13.5. The fourth-order valence-corrected chi connectivity index (χ4v) is 8.34. The quantitative estimate of drug-likeness (QED) is 0.115. The molecule has 0 aromatic heterocycles. The van der Waals surface area contributed by atoms with Crippen molar-refractivity contribution in [2.45, 2.75) is 37.8 Å². The van der Waals surface area contributed by atoms with Gasteiger partial charge in [0.15, 0.2) is 35.1 Å². The van der Waals surface area contributed by atoms with E-state index in [9.17, 15) is 37.5 Å². The largest absolute Gasteiger partial charge is 0.504 e. The predicted octanol–water partition coefficient (Wildman–Crippen LogP) is 7.59. The van der Waals surface area contributed by atoms with Crippen molar-refractivity contribution in [3.8, 4) is 34.5 Å². The second-order valence-electron chi connectivity index (χ2n) is 11.8. The Labute approximate surface area is 342 Å². The Morgan fingerprint density at radius 3 is 1.72 bits per heavy atom. The molecule has 4 N–H and O–H groups in total. The number of phenols is 1. The molecule has 0 radical (unpaired) electrons. The van der Waals surface area contributed by atoms with Gasteiger partial charge in [0.25, 0.3) is 0 Å². The first-order valence-electron chi connectivity index (χ1n) is 15.8. The van der Waals surface area contributed by atoms with Crippen molar-refractivity contribution in [1.82, 2.24) is 10.6 Å². The molecule has 3 aliphatic heterocycles. The number of nitrogens with zero attached hydrogens (tertiary/aromatic N) is 2. The molecule has 4 aromatic carbocycles. The van der Waals surface area contributed by atoms with E-state index in [0.29, 0.717) is 48.7 Å². The normalized spacial score (nSPS) is 17.2. The van der Waals surface area contributed by atoms with Crippen LogP contribution < -0.4 is 24.3 Å². The maximum atomic E-state index is 13.1. The molecule has 0 aliphatic carbocycles. The number of aromatic hydroxyl groups is 1. The number of ether oxygens (including phenoxy) is 2. The van der Waals surface area contributed by atoms with Crippen molar-refractivity contribution in [2.75, 3.05) is 13.1 Å². The van der Waals surface area contributed by atoms with E-state index in [-0.39, 0.29) is 53.4 Å². The number of nitrogens with one attached hydrogen (secondary N) is 2. The Morgan fingerprint density at radius 1 is 0.667 bits per heavy atom. The average molecular weight is 1020 g/mol. The molecule has 8 bridgehead atoms. The van der Waals surface area contributed by atoms with Crippen molar-refractivity contribution in [3.05, 3.63) is 111 Å². The number of hydrogen-bond donors (Lipinski definition) is 4. The van der Waals surface area contributed by atoms with Crippen LogP contribution in [-0.4, -0.2) is 55.1 Å². The molecule has 3 heterocycles. The van der Waals surface area contributed by atoms with Gasteiger partial charge in [-0.3, -0.25) is 14.1 Å². The average Bonchev–Trinajstić information content (AvgIpc) is 3.10. The van der Waals surface area contributed by atoms with Crippen molar-refractivity contribution in [3.63, 3.8) is 0 Å². The van der Waals surface area contributed by atoms with Crippen LogP contribution in [0.2, 0.25) is 0 Å². The second-order valence-corrected chi connectivity index (χ2v) is 16.2. The smallest absolute Gasteiger partial charge is 0.446 e. The summed E-state index contributed by atoms with van der Waals surface area (Å²) in [6.45, 7) is 0.300. The van der Waals surface area contributed by atoms with Gasteiger partial charge in [0.2, 0.25) is 17.6 Å². The van der Waals surface area contributed by atoms with Crippen LogP contribution in [0.15, 0.2) is 88.9 Å². The van der Waals surface area contributed by atoms with Crippen molar-refractivity contribution in [1.29, 1.82) is 0 Å². The molecule has 2 unspecified atom stereocenters. The van der Waals surface area contributed by atoms with Gasteiger partial charge in [-0.2, -0.15) is 8.42 Å². The number of benzene rings is 4.